The van der Waals surface area contributed by atoms with Crippen molar-refractivity contribution < 1.29 is 4.79 Å². The summed E-state index contributed by atoms with van der Waals surface area (Å²) in [6, 6.07) is 4.20. The standard InChI is InChI=1S/C12H20N2OS/c1-12(2,11(15)13-3)9-14-7-6-10-5-4-8-16-10/h4-5,8,14H,6-7,9H2,1-3H3,(H,13,15). The Morgan fingerprint density at radius 1 is 1.50 bits per heavy atom. The molecule has 0 aliphatic rings. The van der Waals surface area contributed by atoms with Crippen molar-refractivity contribution in [2.75, 3.05) is 20.1 Å². The highest BCUT2D eigenvalue weighted by Gasteiger charge is 2.25. The summed E-state index contributed by atoms with van der Waals surface area (Å²) in [7, 11) is 1.68. The van der Waals surface area contributed by atoms with Gasteiger partial charge in [0.15, 0.2) is 0 Å². The maximum atomic E-state index is 11.5. The van der Waals surface area contributed by atoms with Crippen LogP contribution in [-0.4, -0.2) is 26.0 Å². The summed E-state index contributed by atoms with van der Waals surface area (Å²) in [5.74, 6) is 0.0797. The van der Waals surface area contributed by atoms with E-state index in [1.165, 1.54) is 4.88 Å². The van der Waals surface area contributed by atoms with Crippen molar-refractivity contribution in [1.29, 1.82) is 0 Å². The van der Waals surface area contributed by atoms with E-state index in [-0.39, 0.29) is 11.3 Å². The van der Waals surface area contributed by atoms with Gasteiger partial charge in [0, 0.05) is 18.5 Å². The molecule has 3 nitrogen and oxygen atoms in total. The molecule has 2 N–H and O–H groups in total. The van der Waals surface area contributed by atoms with Crippen LogP contribution >= 0.6 is 11.3 Å². The molecule has 1 aromatic heterocycles. The first-order chi connectivity index (χ1) is 7.56. The highest BCUT2D eigenvalue weighted by atomic mass is 32.1. The number of hydrogen-bond donors (Lipinski definition) is 2. The third-order valence-corrected chi connectivity index (χ3v) is 3.47. The van der Waals surface area contributed by atoms with Crippen LogP contribution in [0.5, 0.6) is 0 Å². The highest BCUT2D eigenvalue weighted by molar-refractivity contribution is 7.09. The lowest BCUT2D eigenvalue weighted by Crippen LogP contribution is -2.42. The third kappa shape index (κ3) is 3.94. The second kappa shape index (κ2) is 6.01. The van der Waals surface area contributed by atoms with E-state index in [9.17, 15) is 4.79 Å². The Morgan fingerprint density at radius 2 is 2.25 bits per heavy atom. The molecule has 0 aliphatic carbocycles. The molecule has 0 fully saturated rings. The summed E-state index contributed by atoms with van der Waals surface area (Å²) < 4.78 is 0. The normalized spacial score (nSPS) is 11.4. The van der Waals surface area contributed by atoms with E-state index in [0.29, 0.717) is 6.54 Å². The zero-order valence-corrected chi connectivity index (χ0v) is 11.0. The first-order valence-corrected chi connectivity index (χ1v) is 6.39. The zero-order valence-electron chi connectivity index (χ0n) is 10.2. The van der Waals surface area contributed by atoms with Gasteiger partial charge in [0.05, 0.1) is 5.41 Å². The Morgan fingerprint density at radius 3 is 2.81 bits per heavy atom. The number of carbonyl (C=O) groups excluding carboxylic acids is 1. The molecule has 0 aromatic carbocycles. The smallest absolute Gasteiger partial charge is 0.226 e. The fourth-order valence-electron chi connectivity index (χ4n) is 1.49. The van der Waals surface area contributed by atoms with Gasteiger partial charge in [-0.2, -0.15) is 0 Å². The Hall–Kier alpha value is -0.870. The maximum absolute atomic E-state index is 11.5. The molecule has 16 heavy (non-hydrogen) atoms. The van der Waals surface area contributed by atoms with Gasteiger partial charge in [0.2, 0.25) is 5.91 Å². The largest absolute Gasteiger partial charge is 0.359 e. The molecular formula is C12H20N2OS. The summed E-state index contributed by atoms with van der Waals surface area (Å²) in [6.45, 7) is 5.52. The van der Waals surface area contributed by atoms with E-state index < -0.39 is 0 Å². The lowest BCUT2D eigenvalue weighted by atomic mass is 9.92. The van der Waals surface area contributed by atoms with Crippen molar-refractivity contribution in [3.05, 3.63) is 22.4 Å². The Kier molecular flexibility index (Phi) is 4.96. The van der Waals surface area contributed by atoms with E-state index in [0.717, 1.165) is 13.0 Å². The number of rotatable bonds is 6. The first-order valence-electron chi connectivity index (χ1n) is 5.51. The van der Waals surface area contributed by atoms with Gasteiger partial charge in [0.25, 0.3) is 0 Å². The maximum Gasteiger partial charge on any atom is 0.226 e. The van der Waals surface area contributed by atoms with Gasteiger partial charge < -0.3 is 10.6 Å². The Balaban J connectivity index is 2.22. The van der Waals surface area contributed by atoms with Gasteiger partial charge in [-0.3, -0.25) is 4.79 Å². The second-order valence-electron chi connectivity index (χ2n) is 4.47. The summed E-state index contributed by atoms with van der Waals surface area (Å²) >= 11 is 1.77. The molecule has 0 unspecified atom stereocenters. The summed E-state index contributed by atoms with van der Waals surface area (Å²) in [6.07, 6.45) is 1.03. The van der Waals surface area contributed by atoms with Crippen LogP contribution in [0.3, 0.4) is 0 Å². The average molecular weight is 240 g/mol. The lowest BCUT2D eigenvalue weighted by molar-refractivity contribution is -0.128. The number of hydrogen-bond acceptors (Lipinski definition) is 3. The van der Waals surface area contributed by atoms with E-state index in [1.54, 1.807) is 18.4 Å². The number of amides is 1. The molecule has 1 amide bonds. The van der Waals surface area contributed by atoms with Gasteiger partial charge >= 0.3 is 0 Å². The van der Waals surface area contributed by atoms with Crippen molar-refractivity contribution in [3.8, 4) is 0 Å². The SMILES string of the molecule is CNC(=O)C(C)(C)CNCCc1cccs1. The zero-order chi connectivity index (χ0) is 12.0. The minimum Gasteiger partial charge on any atom is -0.359 e. The summed E-state index contributed by atoms with van der Waals surface area (Å²) in [5.41, 5.74) is -0.343. The Bertz CT molecular complexity index is 320. The predicted octanol–water partition coefficient (Wildman–Crippen LogP) is 1.65. The van der Waals surface area contributed by atoms with Crippen LogP contribution in [0.4, 0.5) is 0 Å². The molecule has 0 spiro atoms. The molecule has 0 radical (unpaired) electrons. The van der Waals surface area contributed by atoms with Crippen molar-refractivity contribution in [2.24, 2.45) is 5.41 Å². The Labute approximate surface area is 101 Å². The number of thiophene rings is 1. The molecule has 0 saturated carbocycles. The van der Waals surface area contributed by atoms with Crippen molar-refractivity contribution >= 4 is 17.2 Å². The van der Waals surface area contributed by atoms with Crippen molar-refractivity contribution in [1.82, 2.24) is 10.6 Å². The second-order valence-corrected chi connectivity index (χ2v) is 5.50. The van der Waals surface area contributed by atoms with Gasteiger partial charge in [-0.05, 0) is 38.3 Å². The quantitative estimate of drug-likeness (QED) is 0.742. The molecule has 4 heteroatoms. The van der Waals surface area contributed by atoms with Gasteiger partial charge in [-0.1, -0.05) is 6.07 Å². The molecule has 1 heterocycles. The van der Waals surface area contributed by atoms with Gasteiger partial charge in [-0.25, -0.2) is 0 Å². The third-order valence-electron chi connectivity index (χ3n) is 2.54. The molecule has 1 rings (SSSR count). The molecule has 0 atom stereocenters. The molecule has 1 aromatic rings. The van der Waals surface area contributed by atoms with Crippen LogP contribution < -0.4 is 10.6 Å². The van der Waals surface area contributed by atoms with Crippen LogP contribution in [0.25, 0.3) is 0 Å². The molecule has 90 valence electrons. The van der Waals surface area contributed by atoms with Gasteiger partial charge in [0.1, 0.15) is 0 Å². The minimum absolute atomic E-state index is 0.0797. The van der Waals surface area contributed by atoms with E-state index in [1.807, 2.05) is 13.8 Å². The molecular weight excluding hydrogens is 220 g/mol. The van der Waals surface area contributed by atoms with Gasteiger partial charge in [-0.15, -0.1) is 11.3 Å². The number of carbonyl (C=O) groups is 1. The minimum atomic E-state index is -0.343. The monoisotopic (exact) mass is 240 g/mol. The highest BCUT2D eigenvalue weighted by Crippen LogP contribution is 2.13. The average Bonchev–Trinajstić information content (AvgIpc) is 2.76. The van der Waals surface area contributed by atoms with Crippen LogP contribution in [0, 0.1) is 5.41 Å². The van der Waals surface area contributed by atoms with E-state index in [2.05, 4.69) is 28.1 Å². The number of nitrogens with one attached hydrogen (secondary N) is 2. The van der Waals surface area contributed by atoms with Crippen LogP contribution in [0.2, 0.25) is 0 Å². The van der Waals surface area contributed by atoms with Crippen LogP contribution in [0.15, 0.2) is 17.5 Å². The van der Waals surface area contributed by atoms with Crippen LogP contribution in [0.1, 0.15) is 18.7 Å². The topological polar surface area (TPSA) is 41.1 Å². The van der Waals surface area contributed by atoms with Crippen molar-refractivity contribution in [2.45, 2.75) is 20.3 Å². The summed E-state index contributed by atoms with van der Waals surface area (Å²) in [5, 5.41) is 8.09. The van der Waals surface area contributed by atoms with E-state index >= 15 is 0 Å². The van der Waals surface area contributed by atoms with Crippen LogP contribution in [-0.2, 0) is 11.2 Å². The molecule has 0 aliphatic heterocycles. The predicted molar refractivity (Wildman–Crippen MR) is 68.7 cm³/mol. The summed E-state index contributed by atoms with van der Waals surface area (Å²) in [4.78, 5) is 12.9. The molecule has 0 saturated heterocycles. The lowest BCUT2D eigenvalue weighted by Gasteiger charge is -2.22. The van der Waals surface area contributed by atoms with Crippen molar-refractivity contribution in [3.63, 3.8) is 0 Å². The van der Waals surface area contributed by atoms with E-state index in [4.69, 9.17) is 0 Å². The fraction of sp³-hybridized carbons (Fsp3) is 0.583. The fourth-order valence-corrected chi connectivity index (χ4v) is 2.19. The first kappa shape index (κ1) is 13.2. The molecule has 0 bridgehead atoms.